The number of fused-ring (bicyclic) bond motifs is 1. The maximum atomic E-state index is 13.3. The van der Waals surface area contributed by atoms with Gasteiger partial charge in [0.2, 0.25) is 5.91 Å². The molecule has 2 aliphatic rings. The van der Waals surface area contributed by atoms with Gasteiger partial charge < -0.3 is 14.5 Å². The highest BCUT2D eigenvalue weighted by Gasteiger charge is 2.42. The van der Waals surface area contributed by atoms with Crippen molar-refractivity contribution in [2.45, 2.75) is 58.4 Å². The lowest BCUT2D eigenvalue weighted by Crippen LogP contribution is -2.55. The predicted molar refractivity (Wildman–Crippen MR) is 126 cm³/mol. The fraction of sp³-hybridized carbons (Fsp3) is 0.652. The molecular weight excluding hydrogens is 483 g/mol. The van der Waals surface area contributed by atoms with Gasteiger partial charge in [-0.2, -0.15) is 13.2 Å². The van der Waals surface area contributed by atoms with E-state index in [0.717, 1.165) is 11.3 Å². The van der Waals surface area contributed by atoms with Gasteiger partial charge in [-0.15, -0.1) is 11.3 Å². The average molecular weight is 514 g/mol. The van der Waals surface area contributed by atoms with E-state index < -0.39 is 30.3 Å². The lowest BCUT2D eigenvalue weighted by Gasteiger charge is -2.38. The van der Waals surface area contributed by atoms with Crippen LogP contribution in [0.3, 0.4) is 0 Å². The molecule has 2 saturated heterocycles. The topological polar surface area (TPSA) is 78.9 Å². The van der Waals surface area contributed by atoms with Gasteiger partial charge in [0.05, 0.1) is 11.8 Å². The zero-order valence-electron chi connectivity index (χ0n) is 20.3. The Bertz CT molecular complexity index is 1090. The molecule has 2 aliphatic heterocycles. The second-order valence-electron chi connectivity index (χ2n) is 10.2. The van der Waals surface area contributed by atoms with Gasteiger partial charge in [0.25, 0.3) is 0 Å². The smallest absolute Gasteiger partial charge is 0.410 e. The first-order valence-electron chi connectivity index (χ1n) is 11.6. The van der Waals surface area contributed by atoms with Crippen LogP contribution in [-0.4, -0.2) is 82.3 Å². The minimum atomic E-state index is -4.29. The molecule has 2 aromatic heterocycles. The third-order valence-electron chi connectivity index (χ3n) is 6.05. The van der Waals surface area contributed by atoms with Crippen LogP contribution >= 0.6 is 11.3 Å². The molecule has 0 aromatic carbocycles. The number of hydrogen-bond donors (Lipinski definition) is 0. The summed E-state index contributed by atoms with van der Waals surface area (Å²) in [6.07, 6.45) is -3.81. The number of amides is 2. The lowest BCUT2D eigenvalue weighted by atomic mass is 10.1. The summed E-state index contributed by atoms with van der Waals surface area (Å²) in [6, 6.07) is 0.956. The van der Waals surface area contributed by atoms with Crippen LogP contribution in [0.1, 0.15) is 39.0 Å². The number of aromatic nitrogens is 2. The number of piperazine rings is 1. The van der Waals surface area contributed by atoms with Crippen molar-refractivity contribution in [3.63, 3.8) is 0 Å². The van der Waals surface area contributed by atoms with Crippen molar-refractivity contribution in [1.29, 1.82) is 0 Å². The van der Waals surface area contributed by atoms with Crippen LogP contribution < -0.4 is 4.90 Å². The highest BCUT2D eigenvalue weighted by molar-refractivity contribution is 7.18. The maximum Gasteiger partial charge on any atom is 0.410 e. The van der Waals surface area contributed by atoms with E-state index in [4.69, 9.17) is 4.74 Å². The van der Waals surface area contributed by atoms with E-state index in [2.05, 4.69) is 9.97 Å². The molecule has 0 aliphatic carbocycles. The van der Waals surface area contributed by atoms with Crippen molar-refractivity contribution < 1.29 is 27.5 Å². The van der Waals surface area contributed by atoms with Crippen LogP contribution in [0.4, 0.5) is 23.8 Å². The van der Waals surface area contributed by atoms with Crippen molar-refractivity contribution in [3.8, 4) is 0 Å². The van der Waals surface area contributed by atoms with E-state index in [1.165, 1.54) is 17.3 Å². The van der Waals surface area contributed by atoms with Crippen molar-refractivity contribution in [2.75, 3.05) is 37.6 Å². The van der Waals surface area contributed by atoms with Crippen molar-refractivity contribution >= 4 is 39.4 Å². The monoisotopic (exact) mass is 513 g/mol. The SMILES string of the molecule is C[C@H]1C[C@@H](C(=O)N2CCN(c3ncnc4sc(CC(F)(F)F)cc34)CC2)N(C(=O)OC(C)(C)C)C1. The van der Waals surface area contributed by atoms with Gasteiger partial charge in [0.1, 0.15) is 28.6 Å². The van der Waals surface area contributed by atoms with E-state index in [0.29, 0.717) is 55.2 Å². The van der Waals surface area contributed by atoms with E-state index in [1.807, 2.05) is 11.8 Å². The second kappa shape index (κ2) is 9.44. The van der Waals surface area contributed by atoms with Gasteiger partial charge in [-0.3, -0.25) is 9.69 Å². The van der Waals surface area contributed by atoms with E-state index in [-0.39, 0.29) is 16.7 Å². The molecule has 4 rings (SSSR count). The molecule has 0 radical (unpaired) electrons. The maximum absolute atomic E-state index is 13.3. The third kappa shape index (κ3) is 5.96. The van der Waals surface area contributed by atoms with Crippen molar-refractivity contribution in [3.05, 3.63) is 17.3 Å². The zero-order chi connectivity index (χ0) is 25.5. The Morgan fingerprint density at radius 2 is 1.83 bits per heavy atom. The molecule has 0 spiro atoms. The van der Waals surface area contributed by atoms with Gasteiger partial charge in [-0.1, -0.05) is 6.92 Å². The van der Waals surface area contributed by atoms with Crippen molar-refractivity contribution in [1.82, 2.24) is 19.8 Å². The number of nitrogens with zero attached hydrogens (tertiary/aromatic N) is 5. The molecule has 12 heteroatoms. The van der Waals surface area contributed by atoms with Crippen molar-refractivity contribution in [2.24, 2.45) is 5.92 Å². The van der Waals surface area contributed by atoms with E-state index in [9.17, 15) is 22.8 Å². The second-order valence-corrected chi connectivity index (χ2v) is 11.3. The molecule has 0 N–H and O–H groups in total. The molecule has 192 valence electrons. The number of carbonyl (C=O) groups excluding carboxylic acids is 2. The highest BCUT2D eigenvalue weighted by atomic mass is 32.1. The normalized spacial score (nSPS) is 21.6. The van der Waals surface area contributed by atoms with Crippen LogP contribution in [0.5, 0.6) is 0 Å². The number of carbonyl (C=O) groups is 2. The van der Waals surface area contributed by atoms with Gasteiger partial charge in [0.15, 0.2) is 0 Å². The summed E-state index contributed by atoms with van der Waals surface area (Å²) >= 11 is 1.02. The number of ether oxygens (including phenoxy) is 1. The average Bonchev–Trinajstić information content (AvgIpc) is 3.33. The summed E-state index contributed by atoms with van der Waals surface area (Å²) in [4.78, 5) is 40.5. The fourth-order valence-corrected chi connectivity index (χ4v) is 5.60. The largest absolute Gasteiger partial charge is 0.444 e. The third-order valence-corrected chi connectivity index (χ3v) is 7.09. The molecule has 4 heterocycles. The number of rotatable bonds is 3. The number of hydrogen-bond acceptors (Lipinski definition) is 7. The molecular formula is C23H30F3N5O3S. The quantitative estimate of drug-likeness (QED) is 0.615. The summed E-state index contributed by atoms with van der Waals surface area (Å²) in [7, 11) is 0. The van der Waals surface area contributed by atoms with E-state index in [1.54, 1.807) is 25.7 Å². The number of alkyl halides is 3. The van der Waals surface area contributed by atoms with Crippen LogP contribution in [0.25, 0.3) is 10.2 Å². The van der Waals surface area contributed by atoms with Crippen LogP contribution in [-0.2, 0) is 16.0 Å². The van der Waals surface area contributed by atoms with Gasteiger partial charge in [-0.25, -0.2) is 14.8 Å². The first-order valence-corrected chi connectivity index (χ1v) is 12.5. The number of halogens is 3. The summed E-state index contributed by atoms with van der Waals surface area (Å²) < 4.78 is 44.0. The zero-order valence-corrected chi connectivity index (χ0v) is 21.1. The predicted octanol–water partition coefficient (Wildman–Crippen LogP) is 4.09. The summed E-state index contributed by atoms with van der Waals surface area (Å²) in [6.45, 7) is 9.69. The molecule has 2 atom stereocenters. The molecule has 0 unspecified atom stereocenters. The Labute approximate surface area is 206 Å². The van der Waals surface area contributed by atoms with Gasteiger partial charge >= 0.3 is 12.3 Å². The highest BCUT2D eigenvalue weighted by Crippen LogP contribution is 2.34. The first-order chi connectivity index (χ1) is 16.3. The molecule has 0 bridgehead atoms. The Kier molecular flexibility index (Phi) is 6.87. The first kappa shape index (κ1) is 25.5. The van der Waals surface area contributed by atoms with Crippen LogP contribution in [0.2, 0.25) is 0 Å². The summed E-state index contributed by atoms with van der Waals surface area (Å²) in [5.74, 6) is 0.670. The molecule has 0 saturated carbocycles. The molecule has 35 heavy (non-hydrogen) atoms. The minimum absolute atomic E-state index is 0.101. The molecule has 8 nitrogen and oxygen atoms in total. The number of likely N-dealkylation sites (tertiary alicyclic amines) is 1. The number of anilines is 1. The molecule has 2 aromatic rings. The van der Waals surface area contributed by atoms with Gasteiger partial charge in [0, 0.05) is 37.6 Å². The van der Waals surface area contributed by atoms with Crippen LogP contribution in [0.15, 0.2) is 12.4 Å². The summed E-state index contributed by atoms with van der Waals surface area (Å²) in [5, 5.41) is 0.595. The molecule has 2 fully saturated rings. The fourth-order valence-electron chi connectivity index (χ4n) is 4.58. The van der Waals surface area contributed by atoms with E-state index >= 15 is 0 Å². The molecule has 2 amide bonds. The summed E-state index contributed by atoms with van der Waals surface area (Å²) in [5.41, 5.74) is -0.646. The van der Waals surface area contributed by atoms with Crippen LogP contribution in [0, 0.1) is 5.92 Å². The lowest BCUT2D eigenvalue weighted by molar-refractivity contribution is -0.136. The Morgan fingerprint density at radius 1 is 1.14 bits per heavy atom. The van der Waals surface area contributed by atoms with Gasteiger partial charge in [-0.05, 0) is 39.2 Å². The minimum Gasteiger partial charge on any atom is -0.444 e. The Hall–Kier alpha value is -2.63. The number of thiophene rings is 1. The Morgan fingerprint density at radius 3 is 2.46 bits per heavy atom. The Balaban J connectivity index is 1.43. The standard InChI is InChI=1S/C23H30F3N5O3S/c1-14-9-17(31(12-14)21(33)34-22(2,3)4)20(32)30-7-5-29(6-8-30)18-16-10-15(11-23(24,25)26)35-19(16)28-13-27-18/h10,13-14,17H,5-9,11-12H2,1-4H3/t14-,17-/m0/s1.